The van der Waals surface area contributed by atoms with Crippen molar-refractivity contribution in [2.75, 3.05) is 5.32 Å². The molecule has 1 amide bonds. The summed E-state index contributed by atoms with van der Waals surface area (Å²) in [6.07, 6.45) is 10.6. The second-order valence-electron chi connectivity index (χ2n) is 8.52. The smallest absolute Gasteiger partial charge is 0.407 e. The third-order valence-corrected chi connectivity index (χ3v) is 6.34. The Morgan fingerprint density at radius 3 is 2.96 bits per heavy atom. The van der Waals surface area contributed by atoms with Gasteiger partial charge in [0.2, 0.25) is 0 Å². The highest BCUT2D eigenvalue weighted by Crippen LogP contribution is 2.41. The summed E-state index contributed by atoms with van der Waals surface area (Å²) in [5.74, 6) is 1.16. The summed E-state index contributed by atoms with van der Waals surface area (Å²) in [5.41, 5.74) is 3.17. The first-order chi connectivity index (χ1) is 13.7. The SMILES string of the molecule is O=C1NC2(CCCCc3cc(ccn3)Nc3cc([nH]n3)[C@H]3CC[C@H](C3)O1)CC2. The number of aromatic nitrogens is 3. The van der Waals surface area contributed by atoms with E-state index in [0.29, 0.717) is 5.92 Å². The van der Waals surface area contributed by atoms with Crippen LogP contribution in [0.5, 0.6) is 0 Å². The van der Waals surface area contributed by atoms with Gasteiger partial charge in [0.15, 0.2) is 5.82 Å². The van der Waals surface area contributed by atoms with E-state index in [0.717, 1.165) is 80.7 Å². The van der Waals surface area contributed by atoms with Crippen LogP contribution in [0.2, 0.25) is 0 Å². The van der Waals surface area contributed by atoms with Crippen molar-refractivity contribution in [3.8, 4) is 0 Å². The summed E-state index contributed by atoms with van der Waals surface area (Å²) in [5, 5.41) is 14.1. The number of H-pyrrole nitrogens is 1. The number of pyridine rings is 1. The molecule has 0 radical (unpaired) electrons. The molecule has 148 valence electrons. The van der Waals surface area contributed by atoms with E-state index in [2.05, 4.69) is 37.9 Å². The number of aryl methyl sites for hydroxylation is 1. The highest BCUT2D eigenvalue weighted by atomic mass is 16.6. The Labute approximate surface area is 164 Å². The summed E-state index contributed by atoms with van der Waals surface area (Å²) in [7, 11) is 0. The quantitative estimate of drug-likeness (QED) is 0.637. The Balaban J connectivity index is 1.36. The first-order valence-electron chi connectivity index (χ1n) is 10.4. The zero-order valence-electron chi connectivity index (χ0n) is 16.0. The molecule has 2 aromatic heterocycles. The van der Waals surface area contributed by atoms with Gasteiger partial charge in [0.1, 0.15) is 6.10 Å². The lowest BCUT2D eigenvalue weighted by molar-refractivity contribution is 0.0954. The first-order valence-corrected chi connectivity index (χ1v) is 10.4. The molecule has 1 aliphatic heterocycles. The number of hydrogen-bond donors (Lipinski definition) is 3. The van der Waals surface area contributed by atoms with Crippen molar-refractivity contribution in [2.45, 2.75) is 75.3 Å². The zero-order valence-corrected chi connectivity index (χ0v) is 16.0. The number of rotatable bonds is 0. The summed E-state index contributed by atoms with van der Waals surface area (Å²) in [4.78, 5) is 16.9. The molecule has 7 nitrogen and oxygen atoms in total. The predicted octanol–water partition coefficient (Wildman–Crippen LogP) is 4.17. The first kappa shape index (κ1) is 17.5. The van der Waals surface area contributed by atoms with E-state index < -0.39 is 0 Å². The van der Waals surface area contributed by atoms with E-state index in [1.54, 1.807) is 0 Å². The molecule has 2 aliphatic carbocycles. The van der Waals surface area contributed by atoms with Gasteiger partial charge in [-0.05, 0) is 63.5 Å². The fourth-order valence-corrected chi connectivity index (χ4v) is 4.54. The molecule has 2 aromatic rings. The second-order valence-corrected chi connectivity index (χ2v) is 8.52. The molecule has 0 aromatic carbocycles. The molecule has 2 atom stereocenters. The average Bonchev–Trinajstić information content (AvgIpc) is 3.05. The van der Waals surface area contributed by atoms with Crippen molar-refractivity contribution in [1.29, 1.82) is 0 Å². The number of amides is 1. The van der Waals surface area contributed by atoms with Gasteiger partial charge in [-0.3, -0.25) is 10.1 Å². The minimum Gasteiger partial charge on any atom is -0.446 e. The van der Waals surface area contributed by atoms with Gasteiger partial charge in [0.25, 0.3) is 0 Å². The minimum absolute atomic E-state index is 0.0119. The number of aromatic amines is 1. The maximum atomic E-state index is 12.4. The van der Waals surface area contributed by atoms with Crippen molar-refractivity contribution in [2.24, 2.45) is 0 Å². The Morgan fingerprint density at radius 1 is 1.14 bits per heavy atom. The fourth-order valence-electron chi connectivity index (χ4n) is 4.54. The normalized spacial score (nSPS) is 26.5. The van der Waals surface area contributed by atoms with E-state index in [4.69, 9.17) is 4.74 Å². The lowest BCUT2D eigenvalue weighted by atomic mass is 10.0. The van der Waals surface area contributed by atoms with Gasteiger partial charge < -0.3 is 15.4 Å². The fraction of sp³-hybridized carbons (Fsp3) is 0.571. The van der Waals surface area contributed by atoms with E-state index in [-0.39, 0.29) is 17.7 Å². The number of alkyl carbamates (subject to hydrolysis) is 1. The third kappa shape index (κ3) is 3.84. The van der Waals surface area contributed by atoms with Gasteiger partial charge in [0.05, 0.1) is 0 Å². The van der Waals surface area contributed by atoms with E-state index in [1.165, 1.54) is 0 Å². The van der Waals surface area contributed by atoms with Gasteiger partial charge in [-0.15, -0.1) is 0 Å². The van der Waals surface area contributed by atoms with Crippen LogP contribution in [0.4, 0.5) is 16.3 Å². The summed E-state index contributed by atoms with van der Waals surface area (Å²) in [6.45, 7) is 0. The maximum Gasteiger partial charge on any atom is 0.407 e. The van der Waals surface area contributed by atoms with Crippen LogP contribution in [-0.4, -0.2) is 32.9 Å². The zero-order chi connectivity index (χ0) is 19.0. The van der Waals surface area contributed by atoms with Crippen LogP contribution in [0.15, 0.2) is 24.4 Å². The van der Waals surface area contributed by atoms with Gasteiger partial charge in [-0.25, -0.2) is 4.79 Å². The lowest BCUT2D eigenvalue weighted by Crippen LogP contribution is -2.38. The van der Waals surface area contributed by atoms with Gasteiger partial charge >= 0.3 is 6.09 Å². The van der Waals surface area contributed by atoms with Crippen LogP contribution in [0.25, 0.3) is 0 Å². The minimum atomic E-state index is -0.245. The molecule has 3 N–H and O–H groups in total. The number of carbonyl (C=O) groups is 1. The predicted molar refractivity (Wildman–Crippen MR) is 106 cm³/mol. The lowest BCUT2D eigenvalue weighted by Gasteiger charge is -2.19. The molecule has 2 saturated carbocycles. The molecule has 3 heterocycles. The molecule has 3 aliphatic rings. The molecular formula is C21H27N5O2. The van der Waals surface area contributed by atoms with E-state index >= 15 is 0 Å². The van der Waals surface area contributed by atoms with Gasteiger partial charge in [0, 0.05) is 40.8 Å². The molecule has 28 heavy (non-hydrogen) atoms. The number of hydrogen-bond acceptors (Lipinski definition) is 5. The standard InChI is InChI=1S/C21H27N5O2/c27-20-24-21(8-9-21)7-2-1-3-15-12-16(6-10-22-15)23-19-13-18(25-26-19)14-4-5-17(11-14)28-20/h6,10,12-14,17H,1-5,7-9,11H2,(H,24,27)(H2,23,25,26)/t14-,17+/m0/s1. The molecule has 7 heteroatoms. The van der Waals surface area contributed by atoms with Crippen LogP contribution in [0.3, 0.4) is 0 Å². The van der Waals surface area contributed by atoms with Gasteiger partial charge in [-0.2, -0.15) is 5.10 Å². The van der Waals surface area contributed by atoms with E-state index in [9.17, 15) is 4.79 Å². The molecule has 6 bridgehead atoms. The number of nitrogens with one attached hydrogen (secondary N) is 3. The number of carbonyl (C=O) groups excluding carboxylic acids is 1. The number of nitrogens with zero attached hydrogens (tertiary/aromatic N) is 2. The van der Waals surface area contributed by atoms with Crippen molar-refractivity contribution in [3.05, 3.63) is 35.8 Å². The van der Waals surface area contributed by atoms with Crippen LogP contribution in [-0.2, 0) is 11.2 Å². The summed E-state index contributed by atoms with van der Waals surface area (Å²) < 4.78 is 5.73. The Hall–Kier alpha value is -2.57. The number of ether oxygens (including phenoxy) is 1. The molecule has 2 fully saturated rings. The van der Waals surface area contributed by atoms with E-state index in [1.807, 2.05) is 12.3 Å². The maximum absolute atomic E-state index is 12.4. The van der Waals surface area contributed by atoms with Crippen LogP contribution in [0.1, 0.15) is 68.7 Å². The number of anilines is 2. The van der Waals surface area contributed by atoms with Crippen molar-refractivity contribution < 1.29 is 9.53 Å². The summed E-state index contributed by atoms with van der Waals surface area (Å²) in [6, 6.07) is 6.14. The third-order valence-electron chi connectivity index (χ3n) is 6.34. The highest BCUT2D eigenvalue weighted by Gasteiger charge is 2.44. The molecular weight excluding hydrogens is 354 g/mol. The van der Waals surface area contributed by atoms with Crippen molar-refractivity contribution in [1.82, 2.24) is 20.5 Å². The second kappa shape index (κ2) is 7.11. The van der Waals surface area contributed by atoms with Crippen molar-refractivity contribution in [3.63, 3.8) is 0 Å². The Kier molecular flexibility index (Phi) is 4.45. The molecule has 0 saturated heterocycles. The molecule has 0 unspecified atom stereocenters. The number of fused-ring (bicyclic) bond motifs is 7. The highest BCUT2D eigenvalue weighted by molar-refractivity contribution is 5.69. The van der Waals surface area contributed by atoms with Crippen LogP contribution in [0, 0.1) is 0 Å². The van der Waals surface area contributed by atoms with Crippen molar-refractivity contribution >= 4 is 17.6 Å². The average molecular weight is 381 g/mol. The largest absolute Gasteiger partial charge is 0.446 e. The van der Waals surface area contributed by atoms with Crippen LogP contribution >= 0.6 is 0 Å². The Bertz CT molecular complexity index is 860. The monoisotopic (exact) mass is 381 g/mol. The van der Waals surface area contributed by atoms with Gasteiger partial charge in [-0.1, -0.05) is 6.42 Å². The summed E-state index contributed by atoms with van der Waals surface area (Å²) >= 11 is 0. The van der Waals surface area contributed by atoms with Crippen LogP contribution < -0.4 is 10.6 Å². The molecule has 1 spiro atoms. The topological polar surface area (TPSA) is 91.9 Å². The molecule has 5 rings (SSSR count). The Morgan fingerprint density at radius 2 is 2.07 bits per heavy atom.